The summed E-state index contributed by atoms with van der Waals surface area (Å²) in [6.45, 7) is 2.85. The van der Waals surface area contributed by atoms with Crippen LogP contribution in [0.1, 0.15) is 27.0 Å². The fourth-order valence-electron chi connectivity index (χ4n) is 2.23. The van der Waals surface area contributed by atoms with E-state index in [-0.39, 0.29) is 5.78 Å². The third-order valence-electron chi connectivity index (χ3n) is 3.36. The van der Waals surface area contributed by atoms with E-state index >= 15 is 0 Å². The first kappa shape index (κ1) is 13.2. The summed E-state index contributed by atoms with van der Waals surface area (Å²) < 4.78 is 10.9. The lowest BCUT2D eigenvalue weighted by atomic mass is 9.97. The Balaban J connectivity index is 2.07. The lowest BCUT2D eigenvalue weighted by molar-refractivity contribution is 0.103. The number of aryl methyl sites for hydroxylation is 1. The van der Waals surface area contributed by atoms with Gasteiger partial charge in [0.15, 0.2) is 17.3 Å². The molecule has 3 rings (SSSR count). The Bertz CT molecular complexity index is 742. The van der Waals surface area contributed by atoms with E-state index in [0.29, 0.717) is 41.4 Å². The maximum absolute atomic E-state index is 12.6. The Morgan fingerprint density at radius 2 is 1.71 bits per heavy atom. The average Bonchev–Trinajstić information content (AvgIpc) is 2.53. The minimum absolute atomic E-state index is 0.191. The van der Waals surface area contributed by atoms with Crippen LogP contribution in [0.4, 0.5) is 0 Å². The van der Waals surface area contributed by atoms with Crippen LogP contribution in [-0.2, 0) is 0 Å². The maximum atomic E-state index is 12.6. The second-order valence-corrected chi connectivity index (χ2v) is 4.85. The van der Waals surface area contributed by atoms with Crippen molar-refractivity contribution in [1.29, 1.82) is 5.26 Å². The summed E-state index contributed by atoms with van der Waals surface area (Å²) in [5, 5.41) is 9.26. The van der Waals surface area contributed by atoms with Crippen LogP contribution in [0, 0.1) is 18.3 Å². The van der Waals surface area contributed by atoms with Crippen LogP contribution in [-0.4, -0.2) is 19.0 Å². The highest BCUT2D eigenvalue weighted by atomic mass is 16.6. The first-order valence-electron chi connectivity index (χ1n) is 6.64. The molecule has 0 amide bonds. The molecule has 0 aromatic heterocycles. The second-order valence-electron chi connectivity index (χ2n) is 4.85. The van der Waals surface area contributed by atoms with Gasteiger partial charge in [0.2, 0.25) is 0 Å². The zero-order valence-electron chi connectivity index (χ0n) is 11.6. The molecule has 4 heteroatoms. The van der Waals surface area contributed by atoms with E-state index in [1.807, 2.05) is 19.1 Å². The van der Waals surface area contributed by atoms with Crippen LogP contribution in [0.15, 0.2) is 36.4 Å². The summed E-state index contributed by atoms with van der Waals surface area (Å²) >= 11 is 0. The standard InChI is InChI=1S/C17H13NO3/c1-11-2-4-12(5-3-11)17(19)14-9-16-15(8-13(14)10-18)20-6-7-21-16/h2-5,8-9H,6-7H2,1H3. The molecule has 0 spiro atoms. The number of carbonyl (C=O) groups is 1. The van der Waals surface area contributed by atoms with Gasteiger partial charge in [-0.2, -0.15) is 5.26 Å². The highest BCUT2D eigenvalue weighted by Gasteiger charge is 2.20. The van der Waals surface area contributed by atoms with E-state index in [1.165, 1.54) is 0 Å². The van der Waals surface area contributed by atoms with E-state index in [9.17, 15) is 10.1 Å². The molecule has 0 bridgehead atoms. The lowest BCUT2D eigenvalue weighted by Gasteiger charge is -2.19. The van der Waals surface area contributed by atoms with Crippen molar-refractivity contribution in [3.63, 3.8) is 0 Å². The molecule has 0 atom stereocenters. The molecule has 1 heterocycles. The molecule has 0 fully saturated rings. The molecule has 0 saturated carbocycles. The highest BCUT2D eigenvalue weighted by Crippen LogP contribution is 2.33. The predicted octanol–water partition coefficient (Wildman–Crippen LogP) is 2.87. The summed E-state index contributed by atoms with van der Waals surface area (Å²) in [6.07, 6.45) is 0. The largest absolute Gasteiger partial charge is 0.486 e. The molecule has 104 valence electrons. The normalized spacial score (nSPS) is 12.6. The van der Waals surface area contributed by atoms with Crippen molar-refractivity contribution < 1.29 is 14.3 Å². The van der Waals surface area contributed by atoms with Crippen molar-refractivity contribution in [3.8, 4) is 17.6 Å². The molecule has 0 unspecified atom stereocenters. The molecule has 21 heavy (non-hydrogen) atoms. The number of hydrogen-bond donors (Lipinski definition) is 0. The van der Waals surface area contributed by atoms with Crippen LogP contribution in [0.5, 0.6) is 11.5 Å². The monoisotopic (exact) mass is 279 g/mol. The van der Waals surface area contributed by atoms with Crippen molar-refractivity contribution in [2.24, 2.45) is 0 Å². The van der Waals surface area contributed by atoms with Gasteiger partial charge in [-0.1, -0.05) is 29.8 Å². The Morgan fingerprint density at radius 1 is 1.10 bits per heavy atom. The van der Waals surface area contributed by atoms with Gasteiger partial charge in [0, 0.05) is 17.2 Å². The summed E-state index contributed by atoms with van der Waals surface area (Å²) in [6, 6.07) is 12.5. The Hall–Kier alpha value is -2.80. The summed E-state index contributed by atoms with van der Waals surface area (Å²) in [4.78, 5) is 12.6. The number of rotatable bonds is 2. The number of nitrogens with zero attached hydrogens (tertiary/aromatic N) is 1. The SMILES string of the molecule is Cc1ccc(C(=O)c2cc3c(cc2C#N)OCCO3)cc1. The second kappa shape index (κ2) is 5.29. The summed E-state index contributed by atoms with van der Waals surface area (Å²) in [7, 11) is 0. The van der Waals surface area contributed by atoms with Gasteiger partial charge in [-0.15, -0.1) is 0 Å². The Morgan fingerprint density at radius 3 is 2.33 bits per heavy atom. The number of fused-ring (bicyclic) bond motifs is 1. The third kappa shape index (κ3) is 2.46. The number of carbonyl (C=O) groups excluding carboxylic acids is 1. The maximum Gasteiger partial charge on any atom is 0.194 e. The van der Waals surface area contributed by atoms with Gasteiger partial charge in [0.05, 0.1) is 5.56 Å². The lowest BCUT2D eigenvalue weighted by Crippen LogP contribution is -2.16. The molecule has 0 radical (unpaired) electrons. The van der Waals surface area contributed by atoms with E-state index in [2.05, 4.69) is 6.07 Å². The van der Waals surface area contributed by atoms with Crippen molar-refractivity contribution in [3.05, 3.63) is 58.7 Å². The molecule has 2 aromatic carbocycles. The number of ether oxygens (including phenoxy) is 2. The first-order chi connectivity index (χ1) is 10.2. The van der Waals surface area contributed by atoms with Crippen LogP contribution < -0.4 is 9.47 Å². The average molecular weight is 279 g/mol. The van der Waals surface area contributed by atoms with Crippen molar-refractivity contribution in [2.75, 3.05) is 13.2 Å². The molecule has 0 saturated heterocycles. The van der Waals surface area contributed by atoms with Gasteiger partial charge < -0.3 is 9.47 Å². The van der Waals surface area contributed by atoms with E-state index < -0.39 is 0 Å². The minimum atomic E-state index is -0.191. The molecular formula is C17H13NO3. The molecule has 2 aromatic rings. The molecule has 0 N–H and O–H groups in total. The quantitative estimate of drug-likeness (QED) is 0.793. The van der Waals surface area contributed by atoms with Gasteiger partial charge in [-0.05, 0) is 13.0 Å². The Kier molecular flexibility index (Phi) is 3.33. The zero-order chi connectivity index (χ0) is 14.8. The highest BCUT2D eigenvalue weighted by molar-refractivity contribution is 6.10. The summed E-state index contributed by atoms with van der Waals surface area (Å²) in [5.41, 5.74) is 2.26. The van der Waals surface area contributed by atoms with Gasteiger partial charge >= 0.3 is 0 Å². The van der Waals surface area contributed by atoms with Crippen LogP contribution in [0.2, 0.25) is 0 Å². The molecule has 4 nitrogen and oxygen atoms in total. The Labute approximate surface area is 122 Å². The van der Waals surface area contributed by atoms with E-state index in [0.717, 1.165) is 5.56 Å². The van der Waals surface area contributed by atoms with Crippen molar-refractivity contribution in [2.45, 2.75) is 6.92 Å². The van der Waals surface area contributed by atoms with Gasteiger partial charge in [-0.25, -0.2) is 0 Å². The number of benzene rings is 2. The van der Waals surface area contributed by atoms with Gasteiger partial charge in [0.1, 0.15) is 19.3 Å². The van der Waals surface area contributed by atoms with E-state index in [4.69, 9.17) is 9.47 Å². The van der Waals surface area contributed by atoms with Crippen LogP contribution >= 0.6 is 0 Å². The topological polar surface area (TPSA) is 59.3 Å². The fraction of sp³-hybridized carbons (Fsp3) is 0.176. The smallest absolute Gasteiger partial charge is 0.194 e. The molecule has 1 aliphatic rings. The molecule has 0 aliphatic carbocycles. The number of hydrogen-bond acceptors (Lipinski definition) is 4. The fourth-order valence-corrected chi connectivity index (χ4v) is 2.23. The van der Waals surface area contributed by atoms with Gasteiger partial charge in [0.25, 0.3) is 0 Å². The predicted molar refractivity (Wildman–Crippen MR) is 76.8 cm³/mol. The zero-order valence-corrected chi connectivity index (χ0v) is 11.6. The van der Waals surface area contributed by atoms with E-state index in [1.54, 1.807) is 24.3 Å². The summed E-state index contributed by atoms with van der Waals surface area (Å²) in [5.74, 6) is 0.831. The molecule has 1 aliphatic heterocycles. The van der Waals surface area contributed by atoms with Crippen LogP contribution in [0.3, 0.4) is 0 Å². The number of ketones is 1. The van der Waals surface area contributed by atoms with Crippen molar-refractivity contribution >= 4 is 5.78 Å². The van der Waals surface area contributed by atoms with Crippen molar-refractivity contribution in [1.82, 2.24) is 0 Å². The van der Waals surface area contributed by atoms with Gasteiger partial charge in [-0.3, -0.25) is 4.79 Å². The number of nitriles is 1. The first-order valence-corrected chi connectivity index (χ1v) is 6.64. The third-order valence-corrected chi connectivity index (χ3v) is 3.36. The molecular weight excluding hydrogens is 266 g/mol. The minimum Gasteiger partial charge on any atom is -0.486 e. The van der Waals surface area contributed by atoms with Crippen LogP contribution in [0.25, 0.3) is 0 Å².